The number of nitrogens with one attached hydrogen (secondary N) is 1. The molecule has 0 radical (unpaired) electrons. The molecule has 3 aliphatic rings. The van der Waals surface area contributed by atoms with E-state index in [-0.39, 0.29) is 18.0 Å². The third-order valence-corrected chi connectivity index (χ3v) is 6.55. The Kier molecular flexibility index (Phi) is 6.77. The lowest BCUT2D eigenvalue weighted by molar-refractivity contribution is -0.135. The fourth-order valence-electron chi connectivity index (χ4n) is 4.53. The minimum absolute atomic E-state index is 0.0995. The van der Waals surface area contributed by atoms with Gasteiger partial charge in [0, 0.05) is 37.8 Å². The average Bonchev–Trinajstić information content (AvgIpc) is 3.52. The van der Waals surface area contributed by atoms with Gasteiger partial charge in [-0.3, -0.25) is 4.79 Å². The van der Waals surface area contributed by atoms with Crippen LogP contribution in [0.1, 0.15) is 38.5 Å². The summed E-state index contributed by atoms with van der Waals surface area (Å²) >= 11 is 0. The number of benzene rings is 1. The highest BCUT2D eigenvalue weighted by Crippen LogP contribution is 2.33. The molecule has 2 aliphatic heterocycles. The second-order valence-corrected chi connectivity index (χ2v) is 8.76. The van der Waals surface area contributed by atoms with Crippen molar-refractivity contribution in [1.82, 2.24) is 14.7 Å². The van der Waals surface area contributed by atoms with E-state index >= 15 is 0 Å². The molecule has 7 heteroatoms. The van der Waals surface area contributed by atoms with Crippen molar-refractivity contribution in [2.75, 3.05) is 51.7 Å². The molecule has 3 amide bonds. The third-order valence-electron chi connectivity index (χ3n) is 6.55. The van der Waals surface area contributed by atoms with Gasteiger partial charge in [-0.05, 0) is 69.5 Å². The topological polar surface area (TPSA) is 65.1 Å². The Morgan fingerprint density at radius 3 is 2.47 bits per heavy atom. The van der Waals surface area contributed by atoms with Crippen molar-refractivity contribution >= 4 is 17.6 Å². The van der Waals surface area contributed by atoms with E-state index in [4.69, 9.17) is 4.74 Å². The molecular weight excluding hydrogens is 380 g/mol. The van der Waals surface area contributed by atoms with Gasteiger partial charge in [0.2, 0.25) is 5.91 Å². The first-order chi connectivity index (χ1) is 14.6. The minimum Gasteiger partial charge on any atom is -0.497 e. The van der Waals surface area contributed by atoms with Crippen molar-refractivity contribution in [3.63, 3.8) is 0 Å². The van der Waals surface area contributed by atoms with Crippen LogP contribution >= 0.6 is 0 Å². The fraction of sp³-hybridized carbons (Fsp3) is 0.652. The zero-order valence-corrected chi connectivity index (χ0v) is 18.0. The average molecular weight is 415 g/mol. The van der Waals surface area contributed by atoms with Gasteiger partial charge < -0.3 is 24.8 Å². The Bertz CT molecular complexity index is 728. The lowest BCUT2D eigenvalue weighted by Gasteiger charge is -2.33. The molecule has 1 N–H and O–H groups in total. The van der Waals surface area contributed by atoms with Crippen LogP contribution in [0.25, 0.3) is 0 Å². The van der Waals surface area contributed by atoms with Crippen LogP contribution in [0.3, 0.4) is 0 Å². The summed E-state index contributed by atoms with van der Waals surface area (Å²) in [5, 5.41) is 2.96. The van der Waals surface area contributed by atoms with Gasteiger partial charge in [0.1, 0.15) is 5.75 Å². The summed E-state index contributed by atoms with van der Waals surface area (Å²) in [6.45, 7) is 5.32. The summed E-state index contributed by atoms with van der Waals surface area (Å²) in [5.41, 5.74) is 0.750. The maximum atomic E-state index is 13.0. The number of amides is 3. The maximum Gasteiger partial charge on any atom is 0.321 e. The molecule has 0 aromatic heterocycles. The summed E-state index contributed by atoms with van der Waals surface area (Å²) < 4.78 is 5.16. The number of rotatable bonds is 7. The smallest absolute Gasteiger partial charge is 0.321 e. The standard InChI is InChI=1S/C23H34N4O3/c1-30-21-9-7-19(8-10-21)24-23(29)26-14-11-20(17-26)27(22(28)18-5-6-18)16-15-25-12-3-2-4-13-25/h7-10,18,20H,2-6,11-17H2,1H3,(H,24,29). The summed E-state index contributed by atoms with van der Waals surface area (Å²) in [6, 6.07) is 7.37. The maximum absolute atomic E-state index is 13.0. The highest BCUT2D eigenvalue weighted by molar-refractivity contribution is 5.89. The van der Waals surface area contributed by atoms with Crippen LogP contribution in [-0.2, 0) is 4.79 Å². The van der Waals surface area contributed by atoms with Crippen molar-refractivity contribution in [1.29, 1.82) is 0 Å². The Labute approximate surface area is 179 Å². The van der Waals surface area contributed by atoms with E-state index in [9.17, 15) is 9.59 Å². The molecule has 30 heavy (non-hydrogen) atoms. The van der Waals surface area contributed by atoms with Crippen LogP contribution in [0.4, 0.5) is 10.5 Å². The lowest BCUT2D eigenvalue weighted by atomic mass is 10.1. The van der Waals surface area contributed by atoms with Crippen LogP contribution < -0.4 is 10.1 Å². The monoisotopic (exact) mass is 414 g/mol. The Hall–Kier alpha value is -2.28. The molecule has 7 nitrogen and oxygen atoms in total. The normalized spacial score (nSPS) is 22.0. The number of ether oxygens (including phenoxy) is 1. The molecular formula is C23H34N4O3. The summed E-state index contributed by atoms with van der Waals surface area (Å²) in [7, 11) is 1.62. The number of hydrogen-bond acceptors (Lipinski definition) is 4. The molecule has 1 saturated carbocycles. The number of nitrogens with zero attached hydrogens (tertiary/aromatic N) is 3. The first-order valence-corrected chi connectivity index (χ1v) is 11.4. The number of likely N-dealkylation sites (tertiary alicyclic amines) is 2. The van der Waals surface area contributed by atoms with Crippen LogP contribution in [0.15, 0.2) is 24.3 Å². The van der Waals surface area contributed by atoms with Gasteiger partial charge >= 0.3 is 6.03 Å². The number of carbonyl (C=O) groups is 2. The number of piperidine rings is 1. The van der Waals surface area contributed by atoms with Crippen molar-refractivity contribution in [3.8, 4) is 5.75 Å². The highest BCUT2D eigenvalue weighted by Gasteiger charge is 2.39. The van der Waals surface area contributed by atoms with Crippen molar-refractivity contribution in [3.05, 3.63) is 24.3 Å². The van der Waals surface area contributed by atoms with Crippen LogP contribution in [0.5, 0.6) is 5.75 Å². The van der Waals surface area contributed by atoms with Gasteiger partial charge in [0.25, 0.3) is 0 Å². The van der Waals surface area contributed by atoms with E-state index in [0.717, 1.165) is 56.9 Å². The number of methoxy groups -OCH3 is 1. The van der Waals surface area contributed by atoms with E-state index in [1.165, 1.54) is 19.3 Å². The molecule has 0 spiro atoms. The van der Waals surface area contributed by atoms with Gasteiger partial charge in [-0.2, -0.15) is 0 Å². The van der Waals surface area contributed by atoms with Gasteiger partial charge in [-0.15, -0.1) is 0 Å². The van der Waals surface area contributed by atoms with Crippen LogP contribution in [0.2, 0.25) is 0 Å². The number of urea groups is 1. The number of hydrogen-bond donors (Lipinski definition) is 1. The third kappa shape index (κ3) is 5.25. The predicted octanol–water partition coefficient (Wildman–Crippen LogP) is 3.03. The van der Waals surface area contributed by atoms with Gasteiger partial charge in [0.05, 0.1) is 13.2 Å². The molecule has 164 valence electrons. The molecule has 0 bridgehead atoms. The Morgan fingerprint density at radius 1 is 1.07 bits per heavy atom. The van der Waals surface area contributed by atoms with Crippen LogP contribution in [-0.4, -0.2) is 79.1 Å². The van der Waals surface area contributed by atoms with E-state index in [0.29, 0.717) is 19.0 Å². The van der Waals surface area contributed by atoms with E-state index < -0.39 is 0 Å². The zero-order valence-electron chi connectivity index (χ0n) is 18.0. The van der Waals surface area contributed by atoms with Crippen LogP contribution in [0, 0.1) is 5.92 Å². The van der Waals surface area contributed by atoms with Crippen molar-refractivity contribution in [2.45, 2.75) is 44.6 Å². The molecule has 4 rings (SSSR count). The van der Waals surface area contributed by atoms with E-state index in [1.54, 1.807) is 7.11 Å². The number of carbonyl (C=O) groups excluding carboxylic acids is 2. The largest absolute Gasteiger partial charge is 0.497 e. The quantitative estimate of drug-likeness (QED) is 0.745. The molecule has 2 saturated heterocycles. The zero-order chi connectivity index (χ0) is 20.9. The molecule has 1 aliphatic carbocycles. The molecule has 1 atom stereocenters. The lowest BCUT2D eigenvalue weighted by Crippen LogP contribution is -2.47. The molecule has 1 aromatic carbocycles. The SMILES string of the molecule is COc1ccc(NC(=O)N2CCC(N(CCN3CCCCC3)C(=O)C3CC3)C2)cc1. The summed E-state index contributed by atoms with van der Waals surface area (Å²) in [5.74, 6) is 1.28. The number of anilines is 1. The van der Waals surface area contributed by atoms with Gasteiger partial charge in [0.15, 0.2) is 0 Å². The summed E-state index contributed by atoms with van der Waals surface area (Å²) in [4.78, 5) is 32.1. The molecule has 1 unspecified atom stereocenters. The van der Waals surface area contributed by atoms with Gasteiger partial charge in [-0.25, -0.2) is 4.79 Å². The minimum atomic E-state index is -0.0995. The fourth-order valence-corrected chi connectivity index (χ4v) is 4.53. The molecule has 3 fully saturated rings. The van der Waals surface area contributed by atoms with Crippen molar-refractivity contribution < 1.29 is 14.3 Å². The second kappa shape index (κ2) is 9.69. The summed E-state index contributed by atoms with van der Waals surface area (Å²) in [6.07, 6.45) is 6.75. The highest BCUT2D eigenvalue weighted by atomic mass is 16.5. The molecule has 1 aromatic rings. The van der Waals surface area contributed by atoms with Gasteiger partial charge in [-0.1, -0.05) is 6.42 Å². The Balaban J connectivity index is 1.32. The van der Waals surface area contributed by atoms with E-state index in [2.05, 4.69) is 15.1 Å². The first kappa shape index (κ1) is 21.0. The second-order valence-electron chi connectivity index (χ2n) is 8.76. The van der Waals surface area contributed by atoms with E-state index in [1.807, 2.05) is 29.2 Å². The molecule has 2 heterocycles. The first-order valence-electron chi connectivity index (χ1n) is 11.4. The predicted molar refractivity (Wildman–Crippen MR) is 117 cm³/mol. The van der Waals surface area contributed by atoms with Crippen molar-refractivity contribution in [2.24, 2.45) is 5.92 Å². The Morgan fingerprint density at radius 2 is 1.80 bits per heavy atom.